The maximum absolute atomic E-state index is 13.2. The molecule has 2 N–H and O–H groups in total. The van der Waals surface area contributed by atoms with Gasteiger partial charge in [-0.3, -0.25) is 4.79 Å². The summed E-state index contributed by atoms with van der Waals surface area (Å²) in [6, 6.07) is 6.06. The number of hydrogen-bond acceptors (Lipinski definition) is 4. The summed E-state index contributed by atoms with van der Waals surface area (Å²) in [5, 5.41) is 6.33. The smallest absolute Gasteiger partial charge is 0.222 e. The lowest BCUT2D eigenvalue weighted by Crippen LogP contribution is -2.45. The molecule has 23 heavy (non-hydrogen) atoms. The van der Waals surface area contributed by atoms with E-state index in [4.69, 9.17) is 9.47 Å². The van der Waals surface area contributed by atoms with Crippen LogP contribution in [0.3, 0.4) is 0 Å². The minimum Gasteiger partial charge on any atom is -0.378 e. The molecule has 0 spiro atoms. The molecule has 0 saturated carbocycles. The Labute approximate surface area is 135 Å². The second-order valence-electron chi connectivity index (χ2n) is 6.08. The van der Waals surface area contributed by atoms with E-state index in [0.717, 1.165) is 24.9 Å². The second-order valence-corrected chi connectivity index (χ2v) is 6.08. The van der Waals surface area contributed by atoms with Crippen LogP contribution in [0.25, 0.3) is 0 Å². The molecular weight excluding hydrogens is 299 g/mol. The number of morpholine rings is 1. The summed E-state index contributed by atoms with van der Waals surface area (Å²) in [5.74, 6) is -0.326. The summed E-state index contributed by atoms with van der Waals surface area (Å²) in [5.41, 5.74) is 0.875. The molecule has 0 aliphatic carbocycles. The van der Waals surface area contributed by atoms with Crippen molar-refractivity contribution in [2.24, 2.45) is 0 Å². The minimum absolute atomic E-state index is 0.0436. The van der Waals surface area contributed by atoms with Crippen molar-refractivity contribution in [3.8, 4) is 0 Å². The number of carbonyl (C=O) groups excluding carboxylic acids is 1. The Morgan fingerprint density at radius 1 is 1.35 bits per heavy atom. The Hall–Kier alpha value is -1.50. The first kappa shape index (κ1) is 16.4. The van der Waals surface area contributed by atoms with Gasteiger partial charge < -0.3 is 20.1 Å². The third-order valence-electron chi connectivity index (χ3n) is 4.31. The van der Waals surface area contributed by atoms with Gasteiger partial charge in [0.15, 0.2) is 0 Å². The largest absolute Gasteiger partial charge is 0.378 e. The monoisotopic (exact) mass is 322 g/mol. The van der Waals surface area contributed by atoms with Gasteiger partial charge >= 0.3 is 0 Å². The highest BCUT2D eigenvalue weighted by molar-refractivity contribution is 5.77. The van der Waals surface area contributed by atoms with Gasteiger partial charge in [0.25, 0.3) is 0 Å². The normalized spacial score (nSPS) is 26.0. The van der Waals surface area contributed by atoms with E-state index < -0.39 is 0 Å². The molecule has 1 amide bonds. The number of nitrogens with one attached hydrogen (secondary N) is 2. The van der Waals surface area contributed by atoms with Crippen LogP contribution in [0.5, 0.6) is 0 Å². The number of carbonyl (C=O) groups is 1. The van der Waals surface area contributed by atoms with E-state index in [2.05, 4.69) is 10.6 Å². The lowest BCUT2D eigenvalue weighted by atomic mass is 9.98. The average molecular weight is 322 g/mol. The number of hydrogen-bond donors (Lipinski definition) is 2. The summed E-state index contributed by atoms with van der Waals surface area (Å²) in [6.07, 6.45) is 2.19. The molecule has 5 nitrogen and oxygen atoms in total. The molecule has 6 heteroatoms. The molecule has 1 aromatic rings. The third kappa shape index (κ3) is 4.50. The Balaban J connectivity index is 1.65. The Kier molecular flexibility index (Phi) is 5.59. The van der Waals surface area contributed by atoms with Crippen LogP contribution < -0.4 is 10.6 Å². The van der Waals surface area contributed by atoms with Gasteiger partial charge in [0.1, 0.15) is 5.82 Å². The maximum Gasteiger partial charge on any atom is 0.222 e. The minimum atomic E-state index is -0.283. The molecule has 3 atom stereocenters. The van der Waals surface area contributed by atoms with E-state index in [0.29, 0.717) is 26.2 Å². The van der Waals surface area contributed by atoms with E-state index in [1.165, 1.54) is 12.1 Å². The van der Waals surface area contributed by atoms with Crippen LogP contribution in [-0.4, -0.2) is 44.4 Å². The SMILES string of the molecule is O=C(CC1COCCN1)NC(c1ccc(F)cc1)C1CCCO1. The van der Waals surface area contributed by atoms with Crippen molar-refractivity contribution >= 4 is 5.91 Å². The van der Waals surface area contributed by atoms with Crippen molar-refractivity contribution < 1.29 is 18.7 Å². The van der Waals surface area contributed by atoms with Gasteiger partial charge in [-0.25, -0.2) is 4.39 Å². The van der Waals surface area contributed by atoms with Crippen molar-refractivity contribution in [1.29, 1.82) is 0 Å². The van der Waals surface area contributed by atoms with Crippen molar-refractivity contribution in [2.45, 2.75) is 37.5 Å². The highest BCUT2D eigenvalue weighted by Crippen LogP contribution is 2.27. The number of benzene rings is 1. The first-order valence-electron chi connectivity index (χ1n) is 8.20. The van der Waals surface area contributed by atoms with Gasteiger partial charge in [0.2, 0.25) is 5.91 Å². The predicted molar refractivity (Wildman–Crippen MR) is 83.5 cm³/mol. The summed E-state index contributed by atoms with van der Waals surface area (Å²) < 4.78 is 24.3. The first-order valence-corrected chi connectivity index (χ1v) is 8.20. The van der Waals surface area contributed by atoms with Crippen LogP contribution in [0.2, 0.25) is 0 Å². The van der Waals surface area contributed by atoms with Gasteiger partial charge in [-0.1, -0.05) is 12.1 Å². The van der Waals surface area contributed by atoms with Gasteiger partial charge in [0, 0.05) is 25.6 Å². The average Bonchev–Trinajstić information content (AvgIpc) is 3.09. The van der Waals surface area contributed by atoms with Crippen molar-refractivity contribution in [1.82, 2.24) is 10.6 Å². The van der Waals surface area contributed by atoms with E-state index in [1.54, 1.807) is 12.1 Å². The third-order valence-corrected chi connectivity index (χ3v) is 4.31. The summed E-state index contributed by atoms with van der Waals surface area (Å²) in [7, 11) is 0. The lowest BCUT2D eigenvalue weighted by molar-refractivity contribution is -0.124. The fourth-order valence-corrected chi connectivity index (χ4v) is 3.13. The predicted octanol–water partition coefficient (Wildman–Crippen LogP) is 1.54. The van der Waals surface area contributed by atoms with E-state index in [1.807, 2.05) is 0 Å². The maximum atomic E-state index is 13.2. The van der Waals surface area contributed by atoms with Crippen molar-refractivity contribution in [3.63, 3.8) is 0 Å². The lowest BCUT2D eigenvalue weighted by Gasteiger charge is -2.27. The topological polar surface area (TPSA) is 59.6 Å². The standard InChI is InChI=1S/C17H23FN2O3/c18-13-5-3-12(4-6-13)17(15-2-1-8-23-15)20-16(21)10-14-11-22-9-7-19-14/h3-6,14-15,17,19H,1-2,7-11H2,(H,20,21). The molecule has 0 aromatic heterocycles. The number of rotatable bonds is 5. The van der Waals surface area contributed by atoms with E-state index >= 15 is 0 Å². The molecule has 2 saturated heterocycles. The van der Waals surface area contributed by atoms with Gasteiger partial charge in [-0.05, 0) is 30.5 Å². The highest BCUT2D eigenvalue weighted by atomic mass is 19.1. The molecule has 3 rings (SSSR count). The molecular formula is C17H23FN2O3. The van der Waals surface area contributed by atoms with E-state index in [9.17, 15) is 9.18 Å². The van der Waals surface area contributed by atoms with Crippen LogP contribution in [-0.2, 0) is 14.3 Å². The van der Waals surface area contributed by atoms with Crippen molar-refractivity contribution in [3.05, 3.63) is 35.6 Å². The van der Waals surface area contributed by atoms with Crippen LogP contribution in [0.15, 0.2) is 24.3 Å². The quantitative estimate of drug-likeness (QED) is 0.863. The molecule has 0 bridgehead atoms. The summed E-state index contributed by atoms with van der Waals surface area (Å²) >= 11 is 0. The molecule has 1 aromatic carbocycles. The van der Waals surface area contributed by atoms with Crippen LogP contribution in [0, 0.1) is 5.82 Å². The van der Waals surface area contributed by atoms with Gasteiger partial charge in [0.05, 0.1) is 25.4 Å². The molecule has 0 radical (unpaired) electrons. The van der Waals surface area contributed by atoms with E-state index in [-0.39, 0.29) is 29.9 Å². The fraction of sp³-hybridized carbons (Fsp3) is 0.588. The van der Waals surface area contributed by atoms with Gasteiger partial charge in [-0.15, -0.1) is 0 Å². The highest BCUT2D eigenvalue weighted by Gasteiger charge is 2.29. The summed E-state index contributed by atoms with van der Waals surface area (Å²) in [6.45, 7) is 2.71. The Morgan fingerprint density at radius 2 is 2.17 bits per heavy atom. The summed E-state index contributed by atoms with van der Waals surface area (Å²) in [4.78, 5) is 12.4. The molecule has 2 fully saturated rings. The Bertz CT molecular complexity index is 511. The molecule has 2 heterocycles. The molecule has 3 unspecified atom stereocenters. The first-order chi connectivity index (χ1) is 11.2. The number of halogens is 1. The zero-order chi connectivity index (χ0) is 16.1. The van der Waals surface area contributed by atoms with Crippen molar-refractivity contribution in [2.75, 3.05) is 26.4 Å². The second kappa shape index (κ2) is 7.86. The number of amides is 1. The number of ether oxygens (including phenoxy) is 2. The van der Waals surface area contributed by atoms with Crippen LogP contribution in [0.4, 0.5) is 4.39 Å². The molecule has 2 aliphatic rings. The molecule has 126 valence electrons. The zero-order valence-electron chi connectivity index (χ0n) is 13.1. The van der Waals surface area contributed by atoms with Crippen LogP contribution in [0.1, 0.15) is 30.9 Å². The molecule has 2 aliphatic heterocycles. The fourth-order valence-electron chi connectivity index (χ4n) is 3.13. The van der Waals surface area contributed by atoms with Gasteiger partial charge in [-0.2, -0.15) is 0 Å². The van der Waals surface area contributed by atoms with Crippen LogP contribution >= 0.6 is 0 Å². The zero-order valence-corrected chi connectivity index (χ0v) is 13.1. The Morgan fingerprint density at radius 3 is 2.83 bits per heavy atom.